The Morgan fingerprint density at radius 3 is 2.57 bits per heavy atom. The third-order valence-corrected chi connectivity index (χ3v) is 1.95. The first-order valence-corrected chi connectivity index (χ1v) is 4.76. The van der Waals surface area contributed by atoms with Crippen LogP contribution in [0.1, 0.15) is 18.9 Å². The molecule has 1 aromatic carbocycles. The van der Waals surface area contributed by atoms with E-state index in [0.717, 1.165) is 12.2 Å². The third-order valence-electron chi connectivity index (χ3n) is 1.65. The smallest absolute Gasteiger partial charge is 0.175 e. The van der Waals surface area contributed by atoms with E-state index in [4.69, 9.17) is 21.5 Å². The second-order valence-electron chi connectivity index (χ2n) is 2.76. The third kappa shape index (κ3) is 2.92. The maximum absolute atomic E-state index is 8.42. The van der Waals surface area contributed by atoms with Crippen molar-refractivity contribution in [1.29, 1.82) is 0 Å². The summed E-state index contributed by atoms with van der Waals surface area (Å²) in [5.74, 6) is 0.790. The molecule has 4 heteroatoms. The molecule has 0 spiro atoms. The molecule has 0 saturated heterocycles. The van der Waals surface area contributed by atoms with Gasteiger partial charge in [-0.05, 0) is 30.7 Å². The van der Waals surface area contributed by atoms with E-state index in [-0.39, 0.29) is 5.17 Å². The highest BCUT2D eigenvalue weighted by atomic mass is 35.5. The molecule has 0 heterocycles. The zero-order valence-corrected chi connectivity index (χ0v) is 8.66. The molecule has 0 radical (unpaired) electrons. The van der Waals surface area contributed by atoms with Crippen molar-refractivity contribution in [3.05, 3.63) is 29.8 Å². The van der Waals surface area contributed by atoms with Gasteiger partial charge in [-0.3, -0.25) is 0 Å². The number of halogens is 1. The Morgan fingerprint density at radius 2 is 2.07 bits per heavy atom. The molecule has 0 aliphatic carbocycles. The highest BCUT2D eigenvalue weighted by Crippen LogP contribution is 2.14. The van der Waals surface area contributed by atoms with Crippen LogP contribution in [0.15, 0.2) is 29.4 Å². The molecule has 0 atom stereocenters. The molecular weight excluding hydrogens is 202 g/mol. The van der Waals surface area contributed by atoms with Gasteiger partial charge < -0.3 is 9.94 Å². The van der Waals surface area contributed by atoms with E-state index in [9.17, 15) is 0 Å². The monoisotopic (exact) mass is 213 g/mol. The molecule has 0 bridgehead atoms. The van der Waals surface area contributed by atoms with Crippen LogP contribution in [0.5, 0.6) is 5.75 Å². The number of oxime groups is 1. The maximum Gasteiger partial charge on any atom is 0.175 e. The van der Waals surface area contributed by atoms with Crippen molar-refractivity contribution in [2.45, 2.75) is 13.3 Å². The van der Waals surface area contributed by atoms with Crippen LogP contribution < -0.4 is 4.74 Å². The van der Waals surface area contributed by atoms with Crippen molar-refractivity contribution in [3.8, 4) is 5.75 Å². The maximum atomic E-state index is 8.42. The topological polar surface area (TPSA) is 41.8 Å². The van der Waals surface area contributed by atoms with Gasteiger partial charge >= 0.3 is 0 Å². The fraction of sp³-hybridized carbons (Fsp3) is 0.300. The predicted molar refractivity (Wildman–Crippen MR) is 56.4 cm³/mol. The van der Waals surface area contributed by atoms with Crippen LogP contribution >= 0.6 is 11.6 Å². The molecule has 0 fully saturated rings. The molecule has 0 aromatic heterocycles. The van der Waals surface area contributed by atoms with Gasteiger partial charge in [0.2, 0.25) is 0 Å². The minimum absolute atomic E-state index is 0.0760. The van der Waals surface area contributed by atoms with Crippen LogP contribution in [0.3, 0.4) is 0 Å². The van der Waals surface area contributed by atoms with Gasteiger partial charge in [0.05, 0.1) is 6.61 Å². The lowest BCUT2D eigenvalue weighted by atomic mass is 10.2. The van der Waals surface area contributed by atoms with Crippen LogP contribution in [0.4, 0.5) is 0 Å². The van der Waals surface area contributed by atoms with Crippen LogP contribution in [-0.4, -0.2) is 17.0 Å². The second kappa shape index (κ2) is 5.50. The van der Waals surface area contributed by atoms with Crippen molar-refractivity contribution < 1.29 is 9.94 Å². The highest BCUT2D eigenvalue weighted by molar-refractivity contribution is 6.69. The van der Waals surface area contributed by atoms with E-state index in [2.05, 4.69) is 5.16 Å². The van der Waals surface area contributed by atoms with Crippen molar-refractivity contribution in [2.24, 2.45) is 5.16 Å². The molecule has 76 valence electrons. The Bertz CT molecular complexity index is 308. The Morgan fingerprint density at radius 1 is 1.43 bits per heavy atom. The minimum Gasteiger partial charge on any atom is -0.494 e. The van der Waals surface area contributed by atoms with Crippen LogP contribution in [0, 0.1) is 0 Å². The van der Waals surface area contributed by atoms with Gasteiger partial charge in [0.1, 0.15) is 5.75 Å². The molecular formula is C10H12ClNO2. The summed E-state index contributed by atoms with van der Waals surface area (Å²) in [6, 6.07) is 7.07. The van der Waals surface area contributed by atoms with Crippen LogP contribution in [0.2, 0.25) is 0 Å². The predicted octanol–water partition coefficient (Wildman–Crippen LogP) is 2.85. The van der Waals surface area contributed by atoms with E-state index in [0.29, 0.717) is 12.2 Å². The van der Waals surface area contributed by atoms with E-state index in [1.165, 1.54) is 0 Å². The van der Waals surface area contributed by atoms with Gasteiger partial charge in [-0.15, -0.1) is 0 Å². The Hall–Kier alpha value is -1.22. The average Bonchev–Trinajstić information content (AvgIpc) is 2.26. The van der Waals surface area contributed by atoms with E-state index >= 15 is 0 Å². The normalized spacial score (nSPS) is 11.4. The molecule has 0 saturated carbocycles. The van der Waals surface area contributed by atoms with Gasteiger partial charge in [0, 0.05) is 5.56 Å². The number of hydrogen-bond donors (Lipinski definition) is 1. The van der Waals surface area contributed by atoms with E-state index in [1.54, 1.807) is 24.3 Å². The number of benzene rings is 1. The van der Waals surface area contributed by atoms with Crippen molar-refractivity contribution in [1.82, 2.24) is 0 Å². The summed E-state index contributed by atoms with van der Waals surface area (Å²) in [6.45, 7) is 2.74. The number of nitrogens with zero attached hydrogens (tertiary/aromatic N) is 1. The summed E-state index contributed by atoms with van der Waals surface area (Å²) in [5, 5.41) is 11.4. The number of hydrogen-bond acceptors (Lipinski definition) is 3. The molecule has 1 rings (SSSR count). The zero-order valence-electron chi connectivity index (χ0n) is 7.90. The molecule has 3 nitrogen and oxygen atoms in total. The average molecular weight is 214 g/mol. The summed E-state index contributed by atoms with van der Waals surface area (Å²) >= 11 is 5.61. The van der Waals surface area contributed by atoms with Gasteiger partial charge in [-0.1, -0.05) is 23.7 Å². The lowest BCUT2D eigenvalue weighted by Gasteiger charge is -2.04. The minimum atomic E-state index is 0.0760. The van der Waals surface area contributed by atoms with Gasteiger partial charge in [0.15, 0.2) is 5.17 Å². The van der Waals surface area contributed by atoms with Crippen LogP contribution in [0.25, 0.3) is 0 Å². The van der Waals surface area contributed by atoms with Crippen molar-refractivity contribution >= 4 is 16.8 Å². The van der Waals surface area contributed by atoms with Crippen molar-refractivity contribution in [3.63, 3.8) is 0 Å². The van der Waals surface area contributed by atoms with Crippen molar-refractivity contribution in [2.75, 3.05) is 6.61 Å². The lowest BCUT2D eigenvalue weighted by molar-refractivity contribution is 0.317. The highest BCUT2D eigenvalue weighted by Gasteiger charge is 2.00. The van der Waals surface area contributed by atoms with E-state index < -0.39 is 0 Å². The summed E-state index contributed by atoms with van der Waals surface area (Å²) < 4.78 is 5.38. The quantitative estimate of drug-likeness (QED) is 0.475. The molecule has 0 aliphatic rings. The summed E-state index contributed by atoms with van der Waals surface area (Å²) in [6.07, 6.45) is 0.973. The van der Waals surface area contributed by atoms with Gasteiger partial charge in [-0.2, -0.15) is 0 Å². The first-order chi connectivity index (χ1) is 6.77. The fourth-order valence-electron chi connectivity index (χ4n) is 0.966. The molecule has 1 aromatic rings. The van der Waals surface area contributed by atoms with E-state index in [1.807, 2.05) is 6.92 Å². The standard InChI is InChI=1S/C10H12ClNO2/c1-2-7-14-9-5-3-8(4-6-9)10(11)12-13/h3-6,13H,2,7H2,1H3. The summed E-state index contributed by atoms with van der Waals surface area (Å²) in [7, 11) is 0. The molecule has 14 heavy (non-hydrogen) atoms. The Labute approximate surface area is 88.0 Å². The number of rotatable bonds is 4. The molecule has 0 amide bonds. The fourth-order valence-corrected chi connectivity index (χ4v) is 1.09. The van der Waals surface area contributed by atoms with Crippen LogP contribution in [-0.2, 0) is 0 Å². The number of ether oxygens (including phenoxy) is 1. The summed E-state index contributed by atoms with van der Waals surface area (Å²) in [4.78, 5) is 0. The Balaban J connectivity index is 2.68. The van der Waals surface area contributed by atoms with Gasteiger partial charge in [-0.25, -0.2) is 0 Å². The molecule has 0 unspecified atom stereocenters. The molecule has 1 N–H and O–H groups in total. The molecule has 0 aliphatic heterocycles. The largest absolute Gasteiger partial charge is 0.494 e. The zero-order chi connectivity index (χ0) is 10.4. The first kappa shape index (κ1) is 10.9. The summed E-state index contributed by atoms with van der Waals surface area (Å²) in [5.41, 5.74) is 0.665. The lowest BCUT2D eigenvalue weighted by Crippen LogP contribution is -1.96. The second-order valence-corrected chi connectivity index (χ2v) is 3.12. The Kier molecular flexibility index (Phi) is 4.26. The first-order valence-electron chi connectivity index (χ1n) is 4.38. The van der Waals surface area contributed by atoms with Gasteiger partial charge in [0.25, 0.3) is 0 Å². The SMILES string of the molecule is CCCOc1ccc(C(Cl)=NO)cc1.